The zero-order valence-electron chi connectivity index (χ0n) is 17.1. The highest BCUT2D eigenvalue weighted by atomic mass is 16.5. The Morgan fingerprint density at radius 1 is 1.00 bits per heavy atom. The highest BCUT2D eigenvalue weighted by Gasteiger charge is 2.24. The van der Waals surface area contributed by atoms with Gasteiger partial charge in [0.25, 0.3) is 5.91 Å². The van der Waals surface area contributed by atoms with Gasteiger partial charge in [-0.3, -0.25) is 14.5 Å². The summed E-state index contributed by atoms with van der Waals surface area (Å²) in [5.74, 6) is -0.318. The standard InChI is InChI=1S/C23H29N3O3/c1-17-14-26(15-18(2)29-17)16-22(27)25-21-11-7-6-10-20(21)23(28)24-13-12-19-8-4-3-5-9-19/h3-11,17-18H,12-16H2,1-2H3,(H,24,28)(H,25,27)/t17-,18-/m1/s1. The van der Waals surface area contributed by atoms with Crippen LogP contribution in [0, 0.1) is 0 Å². The van der Waals surface area contributed by atoms with E-state index in [0.29, 0.717) is 17.8 Å². The number of carbonyl (C=O) groups excluding carboxylic acids is 2. The van der Waals surface area contributed by atoms with Crippen molar-refractivity contribution in [1.29, 1.82) is 0 Å². The molecule has 6 heteroatoms. The summed E-state index contributed by atoms with van der Waals surface area (Å²) in [6, 6.07) is 17.1. The number of ether oxygens (including phenoxy) is 1. The predicted molar refractivity (Wildman–Crippen MR) is 114 cm³/mol. The second-order valence-electron chi connectivity index (χ2n) is 7.54. The van der Waals surface area contributed by atoms with E-state index in [4.69, 9.17) is 4.74 Å². The van der Waals surface area contributed by atoms with Crippen molar-refractivity contribution < 1.29 is 14.3 Å². The Kier molecular flexibility index (Phi) is 7.38. The Hall–Kier alpha value is -2.70. The molecule has 3 rings (SSSR count). The molecule has 0 aliphatic carbocycles. The zero-order valence-corrected chi connectivity index (χ0v) is 17.1. The normalized spacial score (nSPS) is 19.5. The first-order valence-corrected chi connectivity index (χ1v) is 10.1. The summed E-state index contributed by atoms with van der Waals surface area (Å²) < 4.78 is 5.71. The summed E-state index contributed by atoms with van der Waals surface area (Å²) in [6.07, 6.45) is 0.970. The lowest BCUT2D eigenvalue weighted by Crippen LogP contribution is -2.48. The maximum absolute atomic E-state index is 12.6. The maximum Gasteiger partial charge on any atom is 0.253 e. The van der Waals surface area contributed by atoms with E-state index >= 15 is 0 Å². The molecule has 2 N–H and O–H groups in total. The molecule has 1 aliphatic rings. The van der Waals surface area contributed by atoms with Gasteiger partial charge < -0.3 is 15.4 Å². The summed E-state index contributed by atoms with van der Waals surface area (Å²) in [6.45, 7) is 6.28. The second kappa shape index (κ2) is 10.2. The minimum Gasteiger partial charge on any atom is -0.373 e. The molecule has 1 saturated heterocycles. The van der Waals surface area contributed by atoms with Crippen LogP contribution >= 0.6 is 0 Å². The predicted octanol–water partition coefficient (Wildman–Crippen LogP) is 2.71. The number of morpholine rings is 1. The SMILES string of the molecule is C[C@@H]1CN(CC(=O)Nc2ccccc2C(=O)NCCc2ccccc2)C[C@@H](C)O1. The van der Waals surface area contributed by atoms with Gasteiger partial charge in [0.2, 0.25) is 5.91 Å². The summed E-state index contributed by atoms with van der Waals surface area (Å²) in [5.41, 5.74) is 2.17. The Morgan fingerprint density at radius 3 is 2.38 bits per heavy atom. The van der Waals surface area contributed by atoms with Crippen molar-refractivity contribution in [2.45, 2.75) is 32.5 Å². The van der Waals surface area contributed by atoms with Crippen LogP contribution in [0.25, 0.3) is 0 Å². The lowest BCUT2D eigenvalue weighted by Gasteiger charge is -2.34. The van der Waals surface area contributed by atoms with Gasteiger partial charge in [-0.15, -0.1) is 0 Å². The first kappa shape index (κ1) is 21.0. The van der Waals surface area contributed by atoms with Gasteiger partial charge in [0.1, 0.15) is 0 Å². The number of benzene rings is 2. The lowest BCUT2D eigenvalue weighted by atomic mass is 10.1. The molecule has 1 fully saturated rings. The Balaban J connectivity index is 1.55. The van der Waals surface area contributed by atoms with E-state index in [1.54, 1.807) is 18.2 Å². The van der Waals surface area contributed by atoms with Crippen LogP contribution in [0.5, 0.6) is 0 Å². The van der Waals surface area contributed by atoms with Crippen LogP contribution in [0.15, 0.2) is 54.6 Å². The van der Waals surface area contributed by atoms with Crippen molar-refractivity contribution in [1.82, 2.24) is 10.2 Å². The number of nitrogens with one attached hydrogen (secondary N) is 2. The third kappa shape index (κ3) is 6.41. The van der Waals surface area contributed by atoms with E-state index in [9.17, 15) is 9.59 Å². The van der Waals surface area contributed by atoms with Crippen molar-refractivity contribution in [2.75, 3.05) is 31.5 Å². The molecule has 1 aliphatic heterocycles. The monoisotopic (exact) mass is 395 g/mol. The van der Waals surface area contributed by atoms with Gasteiger partial charge in [-0.1, -0.05) is 42.5 Å². The van der Waals surface area contributed by atoms with E-state index < -0.39 is 0 Å². The fourth-order valence-corrected chi connectivity index (χ4v) is 3.66. The number of hydrogen-bond donors (Lipinski definition) is 2. The Labute approximate surface area is 172 Å². The number of para-hydroxylation sites is 1. The first-order valence-electron chi connectivity index (χ1n) is 10.1. The van der Waals surface area contributed by atoms with Crippen molar-refractivity contribution in [3.8, 4) is 0 Å². The molecule has 2 aromatic carbocycles. The Morgan fingerprint density at radius 2 is 1.66 bits per heavy atom. The number of nitrogens with zero attached hydrogens (tertiary/aromatic N) is 1. The molecule has 2 atom stereocenters. The third-order valence-electron chi connectivity index (χ3n) is 4.85. The molecular weight excluding hydrogens is 366 g/mol. The van der Waals surface area contributed by atoms with E-state index in [2.05, 4.69) is 15.5 Å². The molecular formula is C23H29N3O3. The van der Waals surface area contributed by atoms with Gasteiger partial charge >= 0.3 is 0 Å². The number of carbonyl (C=O) groups is 2. The topological polar surface area (TPSA) is 70.7 Å². The molecule has 6 nitrogen and oxygen atoms in total. The summed E-state index contributed by atoms with van der Waals surface area (Å²) in [4.78, 5) is 27.2. The second-order valence-corrected chi connectivity index (χ2v) is 7.54. The lowest BCUT2D eigenvalue weighted by molar-refractivity contribution is -0.121. The van der Waals surface area contributed by atoms with E-state index in [1.165, 1.54) is 5.56 Å². The molecule has 1 heterocycles. The smallest absolute Gasteiger partial charge is 0.253 e. The molecule has 0 bridgehead atoms. The fourth-order valence-electron chi connectivity index (χ4n) is 3.66. The third-order valence-corrected chi connectivity index (χ3v) is 4.85. The highest BCUT2D eigenvalue weighted by Crippen LogP contribution is 2.16. The van der Waals surface area contributed by atoms with Crippen molar-refractivity contribution in [2.24, 2.45) is 0 Å². The molecule has 2 aromatic rings. The van der Waals surface area contributed by atoms with Gasteiger partial charge in [0.15, 0.2) is 0 Å². The molecule has 0 aromatic heterocycles. The molecule has 2 amide bonds. The van der Waals surface area contributed by atoms with E-state index in [-0.39, 0.29) is 30.6 Å². The van der Waals surface area contributed by atoms with Crippen LogP contribution in [0.2, 0.25) is 0 Å². The van der Waals surface area contributed by atoms with Crippen LogP contribution in [-0.2, 0) is 16.0 Å². The van der Waals surface area contributed by atoms with Gasteiger partial charge in [-0.2, -0.15) is 0 Å². The van der Waals surface area contributed by atoms with Crippen molar-refractivity contribution in [3.63, 3.8) is 0 Å². The quantitative estimate of drug-likeness (QED) is 0.756. The fraction of sp³-hybridized carbons (Fsp3) is 0.391. The van der Waals surface area contributed by atoms with Crippen LogP contribution in [0.3, 0.4) is 0 Å². The summed E-state index contributed by atoms with van der Waals surface area (Å²) in [7, 11) is 0. The molecule has 0 radical (unpaired) electrons. The molecule has 154 valence electrons. The van der Waals surface area contributed by atoms with Crippen molar-refractivity contribution >= 4 is 17.5 Å². The van der Waals surface area contributed by atoms with Crippen LogP contribution < -0.4 is 10.6 Å². The first-order chi connectivity index (χ1) is 14.0. The number of amides is 2. The van der Waals surface area contributed by atoms with E-state index in [0.717, 1.165) is 19.5 Å². The molecule has 0 spiro atoms. The Bertz CT molecular complexity index is 815. The molecule has 0 unspecified atom stereocenters. The number of rotatable bonds is 7. The molecule has 0 saturated carbocycles. The van der Waals surface area contributed by atoms with Crippen molar-refractivity contribution in [3.05, 3.63) is 65.7 Å². The van der Waals surface area contributed by atoms with E-state index in [1.807, 2.05) is 50.2 Å². The van der Waals surface area contributed by atoms with Gasteiger partial charge in [0.05, 0.1) is 30.0 Å². The maximum atomic E-state index is 12.6. The summed E-state index contributed by atoms with van der Waals surface area (Å²) in [5, 5.41) is 5.83. The zero-order chi connectivity index (χ0) is 20.6. The van der Waals surface area contributed by atoms with Gasteiger partial charge in [-0.05, 0) is 38.0 Å². The summed E-state index contributed by atoms with van der Waals surface area (Å²) >= 11 is 0. The number of anilines is 1. The minimum atomic E-state index is -0.189. The van der Waals surface area contributed by atoms with Crippen LogP contribution in [0.4, 0.5) is 5.69 Å². The average molecular weight is 396 g/mol. The molecule has 29 heavy (non-hydrogen) atoms. The highest BCUT2D eigenvalue weighted by molar-refractivity contribution is 6.04. The largest absolute Gasteiger partial charge is 0.373 e. The number of hydrogen-bond acceptors (Lipinski definition) is 4. The minimum absolute atomic E-state index is 0.106. The van der Waals surface area contributed by atoms with Crippen LogP contribution in [-0.4, -0.2) is 55.1 Å². The van der Waals surface area contributed by atoms with Gasteiger partial charge in [0, 0.05) is 19.6 Å². The average Bonchev–Trinajstić information content (AvgIpc) is 2.68. The van der Waals surface area contributed by atoms with Crippen LogP contribution in [0.1, 0.15) is 29.8 Å². The van der Waals surface area contributed by atoms with Gasteiger partial charge in [-0.25, -0.2) is 0 Å².